The van der Waals surface area contributed by atoms with Crippen molar-refractivity contribution in [3.63, 3.8) is 0 Å². The molecular formula is C24H32N4O6. The van der Waals surface area contributed by atoms with Gasteiger partial charge in [0.15, 0.2) is 0 Å². The second-order valence-corrected chi connectivity index (χ2v) is 9.10. The smallest absolute Gasteiger partial charge is 0.408 e. The molecule has 2 aliphatic heterocycles. The van der Waals surface area contributed by atoms with E-state index in [0.717, 1.165) is 5.56 Å². The van der Waals surface area contributed by atoms with Crippen molar-refractivity contribution < 1.29 is 28.7 Å². The SMILES string of the molecule is CC(C)[C@H](NC(=O)OCc1ccccc1)C(=O)N[C@H]1CC(C)N(C2CCCNC(=O)C2=O)C1=O. The van der Waals surface area contributed by atoms with E-state index in [0.29, 0.717) is 25.8 Å². The van der Waals surface area contributed by atoms with Crippen LogP contribution in [0.1, 0.15) is 45.6 Å². The Hall–Kier alpha value is -3.43. The number of Topliss-reactive ketones (excluding diaryl/α,β-unsaturated/α-hetero) is 1. The number of rotatable bonds is 7. The first-order valence-electron chi connectivity index (χ1n) is 11.6. The minimum Gasteiger partial charge on any atom is -0.445 e. The van der Waals surface area contributed by atoms with E-state index < -0.39 is 47.7 Å². The summed E-state index contributed by atoms with van der Waals surface area (Å²) in [4.78, 5) is 64.2. The van der Waals surface area contributed by atoms with E-state index >= 15 is 0 Å². The summed E-state index contributed by atoms with van der Waals surface area (Å²) in [6.45, 7) is 5.79. The van der Waals surface area contributed by atoms with Crippen LogP contribution in [-0.4, -0.2) is 65.2 Å². The van der Waals surface area contributed by atoms with Gasteiger partial charge in [-0.2, -0.15) is 0 Å². The number of nitrogens with zero attached hydrogens (tertiary/aromatic N) is 1. The normalized spacial score (nSPS) is 23.8. The number of alkyl carbamates (subject to hydrolysis) is 1. The van der Waals surface area contributed by atoms with E-state index in [4.69, 9.17) is 4.74 Å². The number of benzene rings is 1. The minimum atomic E-state index is -0.911. The van der Waals surface area contributed by atoms with Crippen LogP contribution in [0.4, 0.5) is 4.79 Å². The van der Waals surface area contributed by atoms with Crippen molar-refractivity contribution in [2.24, 2.45) is 5.92 Å². The Labute approximate surface area is 198 Å². The maximum atomic E-state index is 13.1. The van der Waals surface area contributed by atoms with Gasteiger partial charge in [0.05, 0.1) is 0 Å². The van der Waals surface area contributed by atoms with Crippen molar-refractivity contribution in [2.45, 2.75) is 70.8 Å². The highest BCUT2D eigenvalue weighted by atomic mass is 16.5. The average molecular weight is 473 g/mol. The largest absolute Gasteiger partial charge is 0.445 e. The lowest BCUT2D eigenvalue weighted by Gasteiger charge is -2.29. The molecule has 0 bridgehead atoms. The fourth-order valence-electron chi connectivity index (χ4n) is 4.35. The third kappa shape index (κ3) is 5.92. The van der Waals surface area contributed by atoms with Crippen LogP contribution in [0.3, 0.4) is 0 Å². The average Bonchev–Trinajstić information content (AvgIpc) is 2.97. The molecule has 4 atom stereocenters. The zero-order chi connectivity index (χ0) is 24.8. The van der Waals surface area contributed by atoms with Crippen LogP contribution in [0.15, 0.2) is 30.3 Å². The second kappa shape index (κ2) is 11.1. The molecule has 3 N–H and O–H groups in total. The van der Waals surface area contributed by atoms with Crippen LogP contribution in [0.2, 0.25) is 0 Å². The topological polar surface area (TPSA) is 134 Å². The van der Waals surface area contributed by atoms with Gasteiger partial charge >= 0.3 is 6.09 Å². The Morgan fingerprint density at radius 3 is 2.56 bits per heavy atom. The predicted octanol–water partition coefficient (Wildman–Crippen LogP) is 0.891. The van der Waals surface area contributed by atoms with Crippen molar-refractivity contribution in [1.82, 2.24) is 20.9 Å². The van der Waals surface area contributed by atoms with Crippen LogP contribution in [0.25, 0.3) is 0 Å². The number of amides is 4. The van der Waals surface area contributed by atoms with Gasteiger partial charge in [-0.3, -0.25) is 19.2 Å². The van der Waals surface area contributed by atoms with Gasteiger partial charge in [-0.05, 0) is 37.7 Å². The molecule has 0 saturated carbocycles. The molecule has 0 aliphatic carbocycles. The van der Waals surface area contributed by atoms with Gasteiger partial charge in [0.25, 0.3) is 5.91 Å². The van der Waals surface area contributed by atoms with Gasteiger partial charge in [0.2, 0.25) is 17.6 Å². The number of hydrogen-bond acceptors (Lipinski definition) is 6. The summed E-state index contributed by atoms with van der Waals surface area (Å²) < 4.78 is 5.22. The predicted molar refractivity (Wildman–Crippen MR) is 122 cm³/mol. The summed E-state index contributed by atoms with van der Waals surface area (Å²) in [6, 6.07) is 6.25. The van der Waals surface area contributed by atoms with E-state index in [9.17, 15) is 24.0 Å². The Balaban J connectivity index is 1.60. The Bertz CT molecular complexity index is 935. The van der Waals surface area contributed by atoms with Gasteiger partial charge in [-0.15, -0.1) is 0 Å². The summed E-state index contributed by atoms with van der Waals surface area (Å²) >= 11 is 0. The third-order valence-electron chi connectivity index (χ3n) is 6.16. The molecule has 0 aromatic heterocycles. The number of hydrogen-bond donors (Lipinski definition) is 3. The lowest BCUT2D eigenvalue weighted by molar-refractivity contribution is -0.145. The molecule has 1 aromatic rings. The maximum Gasteiger partial charge on any atom is 0.408 e. The molecule has 4 amide bonds. The van der Waals surface area contributed by atoms with E-state index in [-0.39, 0.29) is 18.6 Å². The zero-order valence-corrected chi connectivity index (χ0v) is 19.7. The molecule has 0 radical (unpaired) electrons. The van der Waals surface area contributed by atoms with Gasteiger partial charge in [0, 0.05) is 12.6 Å². The molecule has 0 spiro atoms. The first-order chi connectivity index (χ1) is 16.2. The van der Waals surface area contributed by atoms with E-state index in [1.54, 1.807) is 20.8 Å². The number of carbonyl (C=O) groups excluding carboxylic acids is 5. The maximum absolute atomic E-state index is 13.1. The molecule has 2 heterocycles. The van der Waals surface area contributed by atoms with Crippen LogP contribution in [-0.2, 0) is 30.5 Å². The quantitative estimate of drug-likeness (QED) is 0.505. The fraction of sp³-hybridized carbons (Fsp3) is 0.542. The van der Waals surface area contributed by atoms with E-state index in [1.165, 1.54) is 4.90 Å². The number of nitrogens with one attached hydrogen (secondary N) is 3. The fourth-order valence-corrected chi connectivity index (χ4v) is 4.35. The molecular weight excluding hydrogens is 440 g/mol. The highest BCUT2D eigenvalue weighted by Crippen LogP contribution is 2.25. The second-order valence-electron chi connectivity index (χ2n) is 9.10. The number of ether oxygens (including phenoxy) is 1. The van der Waals surface area contributed by atoms with Crippen molar-refractivity contribution in [1.29, 1.82) is 0 Å². The Morgan fingerprint density at radius 1 is 1.18 bits per heavy atom. The Kier molecular flexibility index (Phi) is 8.25. The van der Waals surface area contributed by atoms with Crippen molar-refractivity contribution >= 4 is 29.6 Å². The van der Waals surface area contributed by atoms with Gasteiger partial charge < -0.3 is 25.6 Å². The zero-order valence-electron chi connectivity index (χ0n) is 19.7. The van der Waals surface area contributed by atoms with Crippen LogP contribution in [0, 0.1) is 5.92 Å². The lowest BCUT2D eigenvalue weighted by Crippen LogP contribution is -2.55. The Morgan fingerprint density at radius 2 is 1.88 bits per heavy atom. The van der Waals surface area contributed by atoms with Crippen LogP contribution < -0.4 is 16.0 Å². The van der Waals surface area contributed by atoms with Crippen molar-refractivity contribution in [2.75, 3.05) is 6.54 Å². The third-order valence-corrected chi connectivity index (χ3v) is 6.16. The molecule has 2 saturated heterocycles. The first kappa shape index (κ1) is 25.2. The highest BCUT2D eigenvalue weighted by molar-refractivity contribution is 6.38. The monoisotopic (exact) mass is 472 g/mol. The molecule has 2 fully saturated rings. The van der Waals surface area contributed by atoms with Gasteiger partial charge in [-0.25, -0.2) is 4.79 Å². The summed E-state index contributed by atoms with van der Waals surface area (Å²) in [6.07, 6.45) is 0.539. The van der Waals surface area contributed by atoms with Gasteiger partial charge in [0.1, 0.15) is 24.7 Å². The molecule has 2 aliphatic rings. The van der Waals surface area contributed by atoms with Crippen LogP contribution in [0.5, 0.6) is 0 Å². The summed E-state index contributed by atoms with van der Waals surface area (Å²) in [7, 11) is 0. The standard InChI is InChI=1S/C24H32N4O6/c1-14(2)19(27-24(33)34-13-16-8-5-4-6-9-16)21(30)26-17-12-15(3)28(23(17)32)18-10-7-11-25-22(31)20(18)29/h4-6,8-9,14-15,17-19H,7,10-13H2,1-3H3,(H,25,31)(H,26,30)(H,27,33)/t15?,17-,18?,19-/m0/s1. The molecule has 1 aromatic carbocycles. The van der Waals surface area contributed by atoms with E-state index in [2.05, 4.69) is 16.0 Å². The highest BCUT2D eigenvalue weighted by Gasteiger charge is 2.46. The van der Waals surface area contributed by atoms with Gasteiger partial charge in [-0.1, -0.05) is 44.2 Å². The van der Waals surface area contributed by atoms with E-state index in [1.807, 2.05) is 30.3 Å². The summed E-state index contributed by atoms with van der Waals surface area (Å²) in [5.41, 5.74) is 0.815. The number of ketones is 1. The molecule has 34 heavy (non-hydrogen) atoms. The number of likely N-dealkylation sites (tertiary alicyclic amines) is 1. The molecule has 184 valence electrons. The van der Waals surface area contributed by atoms with Crippen LogP contribution >= 0.6 is 0 Å². The van der Waals surface area contributed by atoms with Crippen molar-refractivity contribution in [3.8, 4) is 0 Å². The lowest BCUT2D eigenvalue weighted by atomic mass is 10.0. The molecule has 10 nitrogen and oxygen atoms in total. The molecule has 3 rings (SSSR count). The van der Waals surface area contributed by atoms with Crippen molar-refractivity contribution in [3.05, 3.63) is 35.9 Å². The molecule has 10 heteroatoms. The minimum absolute atomic E-state index is 0.0652. The summed E-state index contributed by atoms with van der Waals surface area (Å²) in [5.74, 6) is -2.49. The molecule has 2 unspecified atom stereocenters. The number of carbonyl (C=O) groups is 5. The summed E-state index contributed by atoms with van der Waals surface area (Å²) in [5, 5.41) is 7.83. The first-order valence-corrected chi connectivity index (χ1v) is 11.6.